The lowest BCUT2D eigenvalue weighted by Gasteiger charge is -2.35. The second-order valence-corrected chi connectivity index (χ2v) is 6.30. The zero-order valence-electron chi connectivity index (χ0n) is 12.3. The number of nitrogens with one attached hydrogen (secondary N) is 1. The Kier molecular flexibility index (Phi) is 5.90. The summed E-state index contributed by atoms with van der Waals surface area (Å²) in [7, 11) is 3.91. The number of rotatable bonds is 5. The normalized spacial score (nSPS) is 24.9. The third-order valence-electron chi connectivity index (χ3n) is 3.92. The van der Waals surface area contributed by atoms with E-state index in [1.165, 1.54) is 32.4 Å². The first-order valence-electron chi connectivity index (χ1n) is 6.89. The molecule has 1 aliphatic rings. The first-order chi connectivity index (χ1) is 7.97. The second-order valence-electron chi connectivity index (χ2n) is 6.30. The van der Waals surface area contributed by atoms with Gasteiger partial charge in [-0.1, -0.05) is 20.8 Å². The summed E-state index contributed by atoms with van der Waals surface area (Å²) < 4.78 is 5.46. The van der Waals surface area contributed by atoms with E-state index in [2.05, 4.69) is 38.0 Å². The minimum Gasteiger partial charge on any atom is -0.380 e. The maximum absolute atomic E-state index is 5.46. The van der Waals surface area contributed by atoms with Crippen molar-refractivity contribution >= 4 is 0 Å². The predicted octanol–water partition coefficient (Wildman–Crippen LogP) is 2.12. The van der Waals surface area contributed by atoms with Gasteiger partial charge in [0.25, 0.3) is 0 Å². The molecule has 0 saturated carbocycles. The maximum atomic E-state index is 5.46. The lowest BCUT2D eigenvalue weighted by atomic mass is 9.84. The molecule has 0 radical (unpaired) electrons. The summed E-state index contributed by atoms with van der Waals surface area (Å²) in [6.45, 7) is 10.5. The summed E-state index contributed by atoms with van der Waals surface area (Å²) in [5, 5.41) is 3.45. The Morgan fingerprint density at radius 3 is 2.65 bits per heavy atom. The number of piperidine rings is 1. The third kappa shape index (κ3) is 4.94. The number of methoxy groups -OCH3 is 1. The van der Waals surface area contributed by atoms with Gasteiger partial charge in [-0.15, -0.1) is 0 Å². The number of hydrogen-bond donors (Lipinski definition) is 1. The molecule has 3 nitrogen and oxygen atoms in total. The van der Waals surface area contributed by atoms with Crippen molar-refractivity contribution in [2.75, 3.05) is 33.8 Å². The van der Waals surface area contributed by atoms with E-state index in [-0.39, 0.29) is 0 Å². The summed E-state index contributed by atoms with van der Waals surface area (Å²) in [4.78, 5) is 2.55. The summed E-state index contributed by atoms with van der Waals surface area (Å²) in [6.07, 6.45) is 4.17. The molecule has 0 aliphatic carbocycles. The zero-order chi connectivity index (χ0) is 12.9. The van der Waals surface area contributed by atoms with Gasteiger partial charge < -0.3 is 15.0 Å². The van der Waals surface area contributed by atoms with Crippen molar-refractivity contribution in [3.8, 4) is 0 Å². The predicted molar refractivity (Wildman–Crippen MR) is 73.4 cm³/mol. The lowest BCUT2D eigenvalue weighted by Crippen LogP contribution is -2.44. The molecule has 0 aromatic carbocycles. The van der Waals surface area contributed by atoms with Gasteiger partial charge in [0, 0.05) is 19.7 Å². The standard InChI is InChI=1S/C14H30N2O/c1-14(2,3)13(15-4)8-10-16-9-6-7-12(11-16)17-5/h12-13,15H,6-11H2,1-5H3. The molecular weight excluding hydrogens is 212 g/mol. The van der Waals surface area contributed by atoms with Gasteiger partial charge >= 0.3 is 0 Å². The number of likely N-dealkylation sites (tertiary alicyclic amines) is 1. The molecule has 2 atom stereocenters. The fraction of sp³-hybridized carbons (Fsp3) is 1.00. The SMILES string of the molecule is CNC(CCN1CCCC(OC)C1)C(C)(C)C. The Bertz CT molecular complexity index is 213. The highest BCUT2D eigenvalue weighted by Gasteiger charge is 2.25. The first-order valence-corrected chi connectivity index (χ1v) is 6.89. The van der Waals surface area contributed by atoms with Gasteiger partial charge in [0.15, 0.2) is 0 Å². The highest BCUT2D eigenvalue weighted by molar-refractivity contribution is 4.81. The molecule has 1 N–H and O–H groups in total. The van der Waals surface area contributed by atoms with Gasteiger partial charge in [-0.3, -0.25) is 0 Å². The molecule has 0 aromatic heterocycles. The van der Waals surface area contributed by atoms with E-state index in [9.17, 15) is 0 Å². The monoisotopic (exact) mass is 242 g/mol. The summed E-state index contributed by atoms with van der Waals surface area (Å²) in [6, 6.07) is 0.588. The molecule has 2 unspecified atom stereocenters. The molecule has 1 saturated heterocycles. The number of hydrogen-bond acceptors (Lipinski definition) is 3. The second kappa shape index (κ2) is 6.72. The molecule has 1 aliphatic heterocycles. The molecular formula is C14H30N2O. The van der Waals surface area contributed by atoms with Gasteiger partial charge in [-0.25, -0.2) is 0 Å². The van der Waals surface area contributed by atoms with Crippen LogP contribution in [0.25, 0.3) is 0 Å². The molecule has 3 heteroatoms. The van der Waals surface area contributed by atoms with Crippen LogP contribution >= 0.6 is 0 Å². The van der Waals surface area contributed by atoms with Crippen LogP contribution in [-0.4, -0.2) is 50.8 Å². The minimum atomic E-state index is 0.338. The van der Waals surface area contributed by atoms with Gasteiger partial charge in [0.05, 0.1) is 6.10 Å². The third-order valence-corrected chi connectivity index (χ3v) is 3.92. The zero-order valence-corrected chi connectivity index (χ0v) is 12.3. The van der Waals surface area contributed by atoms with E-state index in [0.29, 0.717) is 17.6 Å². The van der Waals surface area contributed by atoms with Gasteiger partial charge in [-0.2, -0.15) is 0 Å². The molecule has 0 aromatic rings. The van der Waals surface area contributed by atoms with Crippen molar-refractivity contribution in [2.45, 2.75) is 52.2 Å². The Morgan fingerprint density at radius 1 is 1.41 bits per heavy atom. The van der Waals surface area contributed by atoms with Gasteiger partial charge in [-0.05, 0) is 44.8 Å². The van der Waals surface area contributed by atoms with Crippen molar-refractivity contribution in [1.29, 1.82) is 0 Å². The van der Waals surface area contributed by atoms with Crippen LogP contribution in [-0.2, 0) is 4.74 Å². The molecule has 1 heterocycles. The fourth-order valence-corrected chi connectivity index (χ4v) is 2.73. The molecule has 1 rings (SSSR count). The first kappa shape index (κ1) is 14.9. The molecule has 0 amide bonds. The average molecular weight is 242 g/mol. The van der Waals surface area contributed by atoms with Crippen molar-refractivity contribution in [3.63, 3.8) is 0 Å². The van der Waals surface area contributed by atoms with Crippen molar-refractivity contribution in [2.24, 2.45) is 5.41 Å². The van der Waals surface area contributed by atoms with E-state index in [0.717, 1.165) is 6.54 Å². The van der Waals surface area contributed by atoms with Crippen LogP contribution in [0, 0.1) is 5.41 Å². The molecule has 102 valence electrons. The Morgan fingerprint density at radius 2 is 2.12 bits per heavy atom. The highest BCUT2D eigenvalue weighted by Crippen LogP contribution is 2.22. The van der Waals surface area contributed by atoms with Crippen molar-refractivity contribution < 1.29 is 4.74 Å². The van der Waals surface area contributed by atoms with Crippen LogP contribution in [0.1, 0.15) is 40.0 Å². The Hall–Kier alpha value is -0.120. The van der Waals surface area contributed by atoms with E-state index in [1.54, 1.807) is 0 Å². The quantitative estimate of drug-likeness (QED) is 0.799. The topological polar surface area (TPSA) is 24.5 Å². The summed E-state index contributed by atoms with van der Waals surface area (Å²) >= 11 is 0. The largest absolute Gasteiger partial charge is 0.380 e. The van der Waals surface area contributed by atoms with E-state index in [1.807, 2.05) is 7.11 Å². The summed E-state index contributed by atoms with van der Waals surface area (Å²) in [5.74, 6) is 0. The van der Waals surface area contributed by atoms with Crippen LogP contribution in [0.2, 0.25) is 0 Å². The van der Waals surface area contributed by atoms with E-state index >= 15 is 0 Å². The van der Waals surface area contributed by atoms with Crippen LogP contribution in [0.4, 0.5) is 0 Å². The highest BCUT2D eigenvalue weighted by atomic mass is 16.5. The Balaban J connectivity index is 2.34. The van der Waals surface area contributed by atoms with E-state index in [4.69, 9.17) is 4.74 Å². The van der Waals surface area contributed by atoms with Crippen molar-refractivity contribution in [3.05, 3.63) is 0 Å². The average Bonchev–Trinajstić information content (AvgIpc) is 2.28. The maximum Gasteiger partial charge on any atom is 0.0698 e. The van der Waals surface area contributed by atoms with Crippen LogP contribution in [0.5, 0.6) is 0 Å². The van der Waals surface area contributed by atoms with Crippen molar-refractivity contribution in [1.82, 2.24) is 10.2 Å². The molecule has 0 spiro atoms. The van der Waals surface area contributed by atoms with Gasteiger partial charge in [0.1, 0.15) is 0 Å². The van der Waals surface area contributed by atoms with Crippen LogP contribution in [0.3, 0.4) is 0 Å². The van der Waals surface area contributed by atoms with Crippen LogP contribution in [0.15, 0.2) is 0 Å². The summed E-state index contributed by atoms with van der Waals surface area (Å²) in [5.41, 5.74) is 0.338. The molecule has 17 heavy (non-hydrogen) atoms. The van der Waals surface area contributed by atoms with Crippen LogP contribution < -0.4 is 5.32 Å². The fourth-order valence-electron chi connectivity index (χ4n) is 2.73. The molecule has 1 fully saturated rings. The number of ether oxygens (including phenoxy) is 1. The van der Waals surface area contributed by atoms with E-state index < -0.39 is 0 Å². The number of nitrogens with zero attached hydrogens (tertiary/aromatic N) is 1. The molecule has 0 bridgehead atoms. The lowest BCUT2D eigenvalue weighted by molar-refractivity contribution is 0.0288. The van der Waals surface area contributed by atoms with Gasteiger partial charge in [0.2, 0.25) is 0 Å². The smallest absolute Gasteiger partial charge is 0.0698 e. The minimum absolute atomic E-state index is 0.338. The Labute approximate surface area is 107 Å².